The van der Waals surface area contributed by atoms with Crippen LogP contribution in [-0.2, 0) is 11.8 Å². The summed E-state index contributed by atoms with van der Waals surface area (Å²) in [7, 11) is 0. The van der Waals surface area contributed by atoms with Crippen molar-refractivity contribution in [2.45, 2.75) is 71.9 Å². The Kier molecular flexibility index (Phi) is 9.65. The minimum atomic E-state index is -0.627. The van der Waals surface area contributed by atoms with E-state index in [9.17, 15) is 10.2 Å². The van der Waals surface area contributed by atoms with Gasteiger partial charge in [-0.1, -0.05) is 56.4 Å². The zero-order valence-electron chi connectivity index (χ0n) is 22.2. The van der Waals surface area contributed by atoms with Crippen LogP contribution in [0, 0.1) is 13.8 Å². The number of hydrogen-bond acceptors (Lipinski definition) is 7. The lowest BCUT2D eigenvalue weighted by atomic mass is 9.83. The van der Waals surface area contributed by atoms with Gasteiger partial charge in [-0.15, -0.1) is 10.2 Å². The highest BCUT2D eigenvalue weighted by atomic mass is 32.1. The zero-order chi connectivity index (χ0) is 26.3. The van der Waals surface area contributed by atoms with Crippen LogP contribution in [0.2, 0.25) is 0 Å². The fraction of sp³-hybridized carbons (Fsp3) is 0.448. The van der Waals surface area contributed by atoms with Crippen LogP contribution >= 0.6 is 11.3 Å². The van der Waals surface area contributed by atoms with Crippen LogP contribution in [0.1, 0.15) is 66.4 Å². The van der Waals surface area contributed by atoms with Gasteiger partial charge in [-0.2, -0.15) is 0 Å². The van der Waals surface area contributed by atoms with Gasteiger partial charge in [-0.25, -0.2) is 0 Å². The van der Waals surface area contributed by atoms with E-state index in [2.05, 4.69) is 49.3 Å². The van der Waals surface area contributed by atoms with Gasteiger partial charge in [-0.05, 0) is 80.0 Å². The van der Waals surface area contributed by atoms with Gasteiger partial charge in [0.05, 0.1) is 0 Å². The number of aromatic hydroxyl groups is 1. The summed E-state index contributed by atoms with van der Waals surface area (Å²) in [6.07, 6.45) is 5.09. The van der Waals surface area contributed by atoms with E-state index in [1.165, 1.54) is 16.9 Å². The first-order valence-corrected chi connectivity index (χ1v) is 13.3. The Morgan fingerprint density at radius 1 is 1.11 bits per heavy atom. The molecule has 2 atom stereocenters. The Morgan fingerprint density at radius 2 is 1.86 bits per heavy atom. The first-order chi connectivity index (χ1) is 17.0. The maximum absolute atomic E-state index is 10.5. The van der Waals surface area contributed by atoms with Gasteiger partial charge in [-0.3, -0.25) is 0 Å². The number of rotatable bonds is 11. The number of nitrogens with zero attached hydrogens (tertiary/aromatic N) is 2. The highest BCUT2D eigenvalue weighted by molar-refractivity contribution is 7.12. The number of nitrogens with one attached hydrogen (secondary N) is 1. The largest absolute Gasteiger partial charge is 0.508 e. The number of aliphatic hydroxyl groups excluding tert-OH is 1. The fourth-order valence-electron chi connectivity index (χ4n) is 3.95. The third kappa shape index (κ3) is 8.15. The van der Waals surface area contributed by atoms with Crippen molar-refractivity contribution in [1.82, 2.24) is 15.5 Å². The Labute approximate surface area is 219 Å². The normalized spacial score (nSPS) is 13.8. The molecule has 0 fully saturated rings. The van der Waals surface area contributed by atoms with Gasteiger partial charge in [0.2, 0.25) is 0 Å². The molecular weight excluding hydrogens is 470 g/mol. The second-order valence-corrected chi connectivity index (χ2v) is 11.6. The molecule has 0 bridgehead atoms. The van der Waals surface area contributed by atoms with Crippen molar-refractivity contribution in [3.05, 3.63) is 68.7 Å². The molecule has 0 spiro atoms. The molecule has 2 unspecified atom stereocenters. The quantitative estimate of drug-likeness (QED) is 0.308. The molecule has 0 saturated heterocycles. The Balaban J connectivity index is 1.47. The number of aromatic nitrogens is 2. The van der Waals surface area contributed by atoms with Gasteiger partial charge >= 0.3 is 0 Å². The maximum Gasteiger partial charge on any atom is 0.140 e. The molecule has 6 nitrogen and oxygen atoms in total. The number of aryl methyl sites for hydroxylation is 3. The summed E-state index contributed by atoms with van der Waals surface area (Å²) in [4.78, 5) is 0. The standard InChI is InChI=1S/C29H39N3O3S/c1-19-15-26(34)25(29(4,5)6)16-23(19)12-11-20(2)30-17-24(33)18-35-27-10-8-7-9-22(27)13-14-28-32-31-21(3)36-28/h7-10,13-16,20,24,30,33-34H,11-12,17-18H2,1-6H3. The number of hydrogen-bond donors (Lipinski definition) is 3. The molecule has 0 aliphatic rings. The summed E-state index contributed by atoms with van der Waals surface area (Å²) in [5.41, 5.74) is 4.16. The van der Waals surface area contributed by atoms with Crippen molar-refractivity contribution >= 4 is 23.5 Å². The zero-order valence-corrected chi connectivity index (χ0v) is 23.0. The van der Waals surface area contributed by atoms with Crippen molar-refractivity contribution < 1.29 is 14.9 Å². The molecule has 0 aliphatic heterocycles. The first-order valence-electron chi connectivity index (χ1n) is 12.5. The molecule has 3 N–H and O–H groups in total. The summed E-state index contributed by atoms with van der Waals surface area (Å²) < 4.78 is 5.93. The van der Waals surface area contributed by atoms with Gasteiger partial charge in [0, 0.05) is 18.2 Å². The average Bonchev–Trinajstić information content (AvgIpc) is 3.24. The Bertz CT molecular complexity index is 1170. The fourth-order valence-corrected chi connectivity index (χ4v) is 4.56. The van der Waals surface area contributed by atoms with Crippen molar-refractivity contribution in [2.75, 3.05) is 13.2 Å². The second-order valence-electron chi connectivity index (χ2n) is 10.4. The summed E-state index contributed by atoms with van der Waals surface area (Å²) >= 11 is 1.54. The van der Waals surface area contributed by atoms with Crippen LogP contribution in [0.5, 0.6) is 11.5 Å². The molecular formula is C29H39N3O3S. The summed E-state index contributed by atoms with van der Waals surface area (Å²) in [6, 6.07) is 12.0. The third-order valence-corrected chi connectivity index (χ3v) is 6.91. The lowest BCUT2D eigenvalue weighted by Crippen LogP contribution is -2.36. The molecule has 0 aliphatic carbocycles. The number of phenolic OH excluding ortho intramolecular Hbond substituents is 1. The first kappa shape index (κ1) is 27.8. The molecule has 0 radical (unpaired) electrons. The minimum Gasteiger partial charge on any atom is -0.508 e. The summed E-state index contributed by atoms with van der Waals surface area (Å²) in [5, 5.41) is 34.2. The number of phenols is 1. The van der Waals surface area contributed by atoms with Crippen LogP contribution in [0.15, 0.2) is 36.4 Å². The van der Waals surface area contributed by atoms with E-state index < -0.39 is 6.10 Å². The van der Waals surface area contributed by atoms with E-state index in [4.69, 9.17) is 4.74 Å². The molecule has 2 aromatic carbocycles. The topological polar surface area (TPSA) is 87.5 Å². The van der Waals surface area contributed by atoms with Crippen molar-refractivity contribution in [3.8, 4) is 11.5 Å². The number of para-hydroxylation sites is 1. The predicted molar refractivity (Wildman–Crippen MR) is 149 cm³/mol. The highest BCUT2D eigenvalue weighted by Crippen LogP contribution is 2.33. The molecule has 1 aromatic heterocycles. The number of ether oxygens (including phenoxy) is 1. The van der Waals surface area contributed by atoms with Gasteiger partial charge in [0.1, 0.15) is 34.2 Å². The lowest BCUT2D eigenvalue weighted by molar-refractivity contribution is 0.104. The number of aliphatic hydroxyl groups is 1. The van der Waals surface area contributed by atoms with Crippen LogP contribution in [0.4, 0.5) is 0 Å². The van der Waals surface area contributed by atoms with Crippen LogP contribution in [0.25, 0.3) is 12.2 Å². The SMILES string of the molecule is Cc1nnc(C=Cc2ccccc2OCC(O)CNC(C)CCc2cc(C(C)(C)C)c(O)cc2C)s1. The van der Waals surface area contributed by atoms with Crippen molar-refractivity contribution in [3.63, 3.8) is 0 Å². The second kappa shape index (κ2) is 12.5. The predicted octanol–water partition coefficient (Wildman–Crippen LogP) is 5.68. The summed E-state index contributed by atoms with van der Waals surface area (Å²) in [5.74, 6) is 1.09. The Morgan fingerprint density at radius 3 is 2.56 bits per heavy atom. The van der Waals surface area contributed by atoms with E-state index in [-0.39, 0.29) is 18.1 Å². The molecule has 3 aromatic rings. The molecule has 36 heavy (non-hydrogen) atoms. The van der Waals surface area contributed by atoms with E-state index in [1.54, 1.807) is 0 Å². The van der Waals surface area contributed by atoms with Gasteiger partial charge in [0.15, 0.2) is 0 Å². The van der Waals surface area contributed by atoms with E-state index >= 15 is 0 Å². The molecule has 1 heterocycles. The molecule has 194 valence electrons. The monoisotopic (exact) mass is 509 g/mol. The summed E-state index contributed by atoms with van der Waals surface area (Å²) in [6.45, 7) is 13.1. The average molecular weight is 510 g/mol. The highest BCUT2D eigenvalue weighted by Gasteiger charge is 2.20. The van der Waals surface area contributed by atoms with Crippen LogP contribution in [0.3, 0.4) is 0 Å². The smallest absolute Gasteiger partial charge is 0.140 e. The molecule has 0 saturated carbocycles. The van der Waals surface area contributed by atoms with E-state index in [0.29, 0.717) is 12.3 Å². The lowest BCUT2D eigenvalue weighted by Gasteiger charge is -2.23. The molecule has 7 heteroatoms. The number of benzene rings is 2. The van der Waals surface area contributed by atoms with Crippen LogP contribution in [-0.4, -0.2) is 45.7 Å². The van der Waals surface area contributed by atoms with Gasteiger partial charge < -0.3 is 20.3 Å². The molecule has 3 rings (SSSR count). The van der Waals surface area contributed by atoms with Crippen molar-refractivity contribution in [1.29, 1.82) is 0 Å². The minimum absolute atomic E-state index is 0.105. The Hall–Kier alpha value is -2.74. The van der Waals surface area contributed by atoms with E-state index in [0.717, 1.165) is 45.3 Å². The third-order valence-electron chi connectivity index (χ3n) is 6.11. The van der Waals surface area contributed by atoms with Crippen LogP contribution < -0.4 is 10.1 Å². The maximum atomic E-state index is 10.5. The van der Waals surface area contributed by atoms with E-state index in [1.807, 2.05) is 56.3 Å². The molecule has 0 amide bonds. The van der Waals surface area contributed by atoms with Gasteiger partial charge in [0.25, 0.3) is 0 Å². The van der Waals surface area contributed by atoms with Crippen molar-refractivity contribution in [2.24, 2.45) is 0 Å².